The molecule has 6 heteroatoms. The summed E-state index contributed by atoms with van der Waals surface area (Å²) in [6.45, 7) is 0. The Labute approximate surface area is 74.8 Å². The second-order valence-corrected chi connectivity index (χ2v) is 0.357. The Morgan fingerprint density at radius 2 is 1.75 bits per heavy atom. The molecule has 0 saturated heterocycles. The molecule has 40 valence electrons. The van der Waals surface area contributed by atoms with Crippen LogP contribution in [0.2, 0.25) is 0 Å². The molecule has 0 aliphatic rings. The molecule has 0 saturated carbocycles. The summed E-state index contributed by atoms with van der Waals surface area (Å²) in [4.78, 5) is 16.7. The molecular formula is C2HCaNO4. The van der Waals surface area contributed by atoms with Crippen LogP contribution in [0, 0.1) is 0 Å². The molecule has 0 aliphatic heterocycles. The first-order valence-electron chi connectivity index (χ1n) is 1.06. The summed E-state index contributed by atoms with van der Waals surface area (Å²) < 4.78 is 0. The number of rotatable bonds is 0. The quantitative estimate of drug-likeness (QED) is 0.250. The Hall–Kier alpha value is -0.0903. The zero-order valence-corrected chi connectivity index (χ0v) is 6.03. The number of carbonyl (C=O) groups is 1. The van der Waals surface area contributed by atoms with E-state index in [4.69, 9.17) is 25.2 Å². The van der Waals surface area contributed by atoms with Gasteiger partial charge in [0.2, 0.25) is 6.16 Å². The van der Waals surface area contributed by atoms with Crippen LogP contribution >= 0.6 is 0 Å². The Kier molecular flexibility index (Phi) is 30.9. The van der Waals surface area contributed by atoms with Gasteiger partial charge in [0.25, 0.3) is 0 Å². The normalized spacial score (nSPS) is 4.00. The summed E-state index contributed by atoms with van der Waals surface area (Å²) in [6, 6.07) is 0. The van der Waals surface area contributed by atoms with E-state index >= 15 is 0 Å². The van der Waals surface area contributed by atoms with Crippen LogP contribution in [0.4, 0.5) is 4.79 Å². The maximum atomic E-state index is 8.44. The number of carbonyl (C=O) groups excluding carboxylic acids is 1. The van der Waals surface area contributed by atoms with E-state index in [-0.39, 0.29) is 37.7 Å². The third-order valence-corrected chi connectivity index (χ3v) is 0. The van der Waals surface area contributed by atoms with Gasteiger partial charge in [0, 0.05) is 0 Å². The molecule has 0 bridgehead atoms. The third kappa shape index (κ3) is 17500. The van der Waals surface area contributed by atoms with Crippen molar-refractivity contribution < 1.29 is 19.8 Å². The maximum Gasteiger partial charge on any atom is 2.00 e. The largest absolute Gasteiger partial charge is 2.00 e. The van der Waals surface area contributed by atoms with Crippen molar-refractivity contribution in [3.05, 3.63) is 5.41 Å². The average Bonchev–Trinajstić information content (AvgIpc) is 1.33. The van der Waals surface area contributed by atoms with Crippen LogP contribution in [0.3, 0.4) is 0 Å². The topological polar surface area (TPSA) is 99.7 Å². The first kappa shape index (κ1) is 15.7. The van der Waals surface area contributed by atoms with Crippen LogP contribution in [-0.2, 0) is 4.79 Å². The Morgan fingerprint density at radius 1 is 1.75 bits per heavy atom. The van der Waals surface area contributed by atoms with Gasteiger partial charge in [0.15, 0.2) is 0 Å². The smallest absolute Gasteiger partial charge is 0.724 e. The van der Waals surface area contributed by atoms with Gasteiger partial charge in [-0.05, 0) is 6.08 Å². The summed E-state index contributed by atoms with van der Waals surface area (Å²) in [5.74, 6) is 0. The molecule has 0 aromatic rings. The molecule has 0 heterocycles. The van der Waals surface area contributed by atoms with Gasteiger partial charge in [-0.15, -0.1) is 0 Å². The number of hydrogen-bond acceptors (Lipinski definition) is 3. The van der Waals surface area contributed by atoms with Crippen molar-refractivity contribution in [3.63, 3.8) is 0 Å². The van der Waals surface area contributed by atoms with Gasteiger partial charge >= 0.3 is 37.7 Å². The molecule has 0 fully saturated rings. The van der Waals surface area contributed by atoms with E-state index in [1.165, 1.54) is 0 Å². The zero-order valence-electron chi connectivity index (χ0n) is 3.83. The maximum absolute atomic E-state index is 8.44. The van der Waals surface area contributed by atoms with Crippen LogP contribution in [0.25, 0.3) is 5.41 Å². The molecule has 0 aliphatic carbocycles. The Bertz CT molecular complexity index is 82.0. The van der Waals surface area contributed by atoms with Crippen molar-refractivity contribution in [2.75, 3.05) is 0 Å². The summed E-state index contributed by atoms with van der Waals surface area (Å²) in [5, 5.41) is 22.1. The van der Waals surface area contributed by atoms with Gasteiger partial charge in [-0.1, -0.05) is 0 Å². The fraction of sp³-hybridized carbons (Fsp3) is 0. The van der Waals surface area contributed by atoms with E-state index in [2.05, 4.69) is 0 Å². The van der Waals surface area contributed by atoms with E-state index in [1.807, 2.05) is 0 Å². The van der Waals surface area contributed by atoms with Gasteiger partial charge in [0.05, 0.1) is 0 Å². The van der Waals surface area contributed by atoms with Crippen LogP contribution in [0.15, 0.2) is 0 Å². The van der Waals surface area contributed by atoms with E-state index < -0.39 is 6.16 Å². The van der Waals surface area contributed by atoms with Crippen molar-refractivity contribution in [2.24, 2.45) is 0 Å². The third-order valence-electron chi connectivity index (χ3n) is 0. The number of hydrogen-bond donors (Lipinski definition) is 1. The SMILES string of the molecule is O=C([O-])O.[Ca+2].[N-]=C=O. The number of carboxylic acid groups (broad SMARTS) is 2. The van der Waals surface area contributed by atoms with Crippen molar-refractivity contribution in [1.82, 2.24) is 0 Å². The summed E-state index contributed by atoms with van der Waals surface area (Å²) in [6.07, 6.45) is -1.58. The molecule has 0 amide bonds. The molecule has 1 N–H and O–H groups in total. The average molecular weight is 143 g/mol. The van der Waals surface area contributed by atoms with Crippen LogP contribution in [-0.4, -0.2) is 55.1 Å². The Balaban J connectivity index is -0.0000000575. The number of isocyanates is 1. The van der Waals surface area contributed by atoms with Crippen LogP contribution in [0.5, 0.6) is 0 Å². The molecular weight excluding hydrogens is 142 g/mol. The Morgan fingerprint density at radius 3 is 1.75 bits per heavy atom. The van der Waals surface area contributed by atoms with Crippen molar-refractivity contribution >= 4 is 50.0 Å². The molecule has 0 aromatic heterocycles. The van der Waals surface area contributed by atoms with Crippen molar-refractivity contribution in [1.29, 1.82) is 0 Å². The summed E-state index contributed by atoms with van der Waals surface area (Å²) >= 11 is 0. The summed E-state index contributed by atoms with van der Waals surface area (Å²) in [5.41, 5.74) is 0. The standard InChI is InChI=1S/CNO.CH2O3.Ca/c2-1-3;2-1(3)4;/h;(H2,2,3,4);/q-1;;+2/p-1. The van der Waals surface area contributed by atoms with Crippen LogP contribution < -0.4 is 5.11 Å². The molecule has 5 nitrogen and oxygen atoms in total. The second-order valence-electron chi connectivity index (χ2n) is 0.357. The van der Waals surface area contributed by atoms with Crippen molar-refractivity contribution in [3.8, 4) is 0 Å². The minimum absolute atomic E-state index is 0. The number of nitrogens with zero attached hydrogens (tertiary/aromatic N) is 1. The summed E-state index contributed by atoms with van der Waals surface area (Å²) in [7, 11) is 0. The zero-order chi connectivity index (χ0) is 6.28. The molecule has 0 rings (SSSR count). The first-order valence-corrected chi connectivity index (χ1v) is 1.06. The monoisotopic (exact) mass is 143 g/mol. The molecule has 0 aromatic carbocycles. The van der Waals surface area contributed by atoms with Gasteiger partial charge < -0.3 is 20.4 Å². The van der Waals surface area contributed by atoms with E-state index in [0.29, 0.717) is 6.08 Å². The van der Waals surface area contributed by atoms with E-state index in [1.54, 1.807) is 0 Å². The molecule has 0 unspecified atom stereocenters. The predicted molar refractivity (Wildman–Crippen MR) is 22.8 cm³/mol. The fourth-order valence-corrected chi connectivity index (χ4v) is 0. The molecule has 0 radical (unpaired) electrons. The first-order chi connectivity index (χ1) is 3.15. The van der Waals surface area contributed by atoms with Crippen molar-refractivity contribution in [2.45, 2.75) is 0 Å². The fourth-order valence-electron chi connectivity index (χ4n) is 0. The van der Waals surface area contributed by atoms with Gasteiger partial charge in [-0.25, -0.2) is 0 Å². The molecule has 0 spiro atoms. The van der Waals surface area contributed by atoms with E-state index in [9.17, 15) is 0 Å². The minimum atomic E-state index is -2.08. The predicted octanol–water partition coefficient (Wildman–Crippen LogP) is -1.60. The molecule has 8 heavy (non-hydrogen) atoms. The van der Waals surface area contributed by atoms with Gasteiger partial charge in [-0.2, -0.15) is 0 Å². The van der Waals surface area contributed by atoms with E-state index in [0.717, 1.165) is 0 Å². The van der Waals surface area contributed by atoms with Gasteiger partial charge in [0.1, 0.15) is 0 Å². The molecule has 0 atom stereocenters. The minimum Gasteiger partial charge on any atom is -0.724 e. The van der Waals surface area contributed by atoms with Gasteiger partial charge in [-0.3, -0.25) is 4.79 Å². The second kappa shape index (κ2) is 15.8. The van der Waals surface area contributed by atoms with Crippen LogP contribution in [0.1, 0.15) is 0 Å².